The van der Waals surface area contributed by atoms with E-state index >= 15 is 0 Å². The zero-order valence-electron chi connectivity index (χ0n) is 13.1. The Morgan fingerprint density at radius 3 is 2.64 bits per heavy atom. The molecule has 0 unspecified atom stereocenters. The Balaban J connectivity index is 1.85. The molecule has 6 nitrogen and oxygen atoms in total. The van der Waals surface area contributed by atoms with Crippen LogP contribution < -0.4 is 10.6 Å². The van der Waals surface area contributed by atoms with Crippen molar-refractivity contribution in [1.82, 2.24) is 30.2 Å². The summed E-state index contributed by atoms with van der Waals surface area (Å²) in [4.78, 5) is 0. The van der Waals surface area contributed by atoms with Crippen molar-refractivity contribution in [3.63, 3.8) is 0 Å². The van der Waals surface area contributed by atoms with E-state index in [1.807, 2.05) is 29.4 Å². The molecule has 0 saturated carbocycles. The number of nitrogens with one attached hydrogen (secondary N) is 2. The molecule has 2 aromatic rings. The SMILES string of the molecule is CCn1cc(CNC(=S)NCc2c(Cl)cnn2CC)c(C)n1. The molecular formula is C14H21ClN6S. The summed E-state index contributed by atoms with van der Waals surface area (Å²) in [6.45, 7) is 8.93. The number of aromatic nitrogens is 4. The van der Waals surface area contributed by atoms with Gasteiger partial charge in [-0.3, -0.25) is 9.36 Å². The first kappa shape index (κ1) is 16.8. The van der Waals surface area contributed by atoms with Gasteiger partial charge in [-0.15, -0.1) is 0 Å². The molecule has 2 heterocycles. The standard InChI is InChI=1S/C14H21ClN6S/c1-4-20-9-11(10(3)19-20)6-16-14(22)17-8-13-12(15)7-18-21(13)5-2/h7,9H,4-6,8H2,1-3H3,(H2,16,17,22). The topological polar surface area (TPSA) is 59.7 Å². The molecular weight excluding hydrogens is 320 g/mol. The minimum absolute atomic E-state index is 0.547. The Bertz CT molecular complexity index is 648. The molecule has 0 atom stereocenters. The van der Waals surface area contributed by atoms with Crippen LogP contribution in [0.15, 0.2) is 12.4 Å². The summed E-state index contributed by atoms with van der Waals surface area (Å²) in [6, 6.07) is 0. The summed E-state index contributed by atoms with van der Waals surface area (Å²) in [5.41, 5.74) is 3.09. The van der Waals surface area contributed by atoms with Crippen LogP contribution in [0.2, 0.25) is 5.02 Å². The van der Waals surface area contributed by atoms with E-state index in [9.17, 15) is 0 Å². The van der Waals surface area contributed by atoms with E-state index < -0.39 is 0 Å². The molecule has 0 spiro atoms. The van der Waals surface area contributed by atoms with Crippen molar-refractivity contribution in [3.05, 3.63) is 34.4 Å². The maximum absolute atomic E-state index is 6.12. The van der Waals surface area contributed by atoms with Crippen LogP contribution in [-0.2, 0) is 26.2 Å². The zero-order chi connectivity index (χ0) is 16.1. The van der Waals surface area contributed by atoms with Gasteiger partial charge in [0.1, 0.15) is 0 Å². The highest BCUT2D eigenvalue weighted by Gasteiger charge is 2.09. The number of rotatable bonds is 6. The second-order valence-corrected chi connectivity index (χ2v) is 5.70. The van der Waals surface area contributed by atoms with Gasteiger partial charge < -0.3 is 10.6 Å². The Hall–Kier alpha value is -1.60. The van der Waals surface area contributed by atoms with E-state index in [0.717, 1.165) is 30.0 Å². The molecule has 22 heavy (non-hydrogen) atoms. The van der Waals surface area contributed by atoms with Gasteiger partial charge in [0.2, 0.25) is 0 Å². The van der Waals surface area contributed by atoms with E-state index in [-0.39, 0.29) is 0 Å². The van der Waals surface area contributed by atoms with E-state index in [2.05, 4.69) is 27.8 Å². The normalized spacial score (nSPS) is 10.7. The lowest BCUT2D eigenvalue weighted by molar-refractivity contribution is 0.611. The average Bonchev–Trinajstić information content (AvgIpc) is 3.05. The minimum atomic E-state index is 0.547. The van der Waals surface area contributed by atoms with E-state index in [4.69, 9.17) is 23.8 Å². The van der Waals surface area contributed by atoms with Gasteiger partial charge in [0, 0.05) is 31.4 Å². The highest BCUT2D eigenvalue weighted by atomic mass is 35.5. The lowest BCUT2D eigenvalue weighted by Crippen LogP contribution is -2.35. The van der Waals surface area contributed by atoms with Crippen LogP contribution in [0.1, 0.15) is 30.8 Å². The Morgan fingerprint density at radius 1 is 1.27 bits per heavy atom. The fraction of sp³-hybridized carbons (Fsp3) is 0.500. The predicted octanol–water partition coefficient (Wildman–Crippen LogP) is 2.25. The van der Waals surface area contributed by atoms with Crippen LogP contribution in [0.5, 0.6) is 0 Å². The van der Waals surface area contributed by atoms with Gasteiger partial charge in [0.25, 0.3) is 0 Å². The van der Waals surface area contributed by atoms with Crippen molar-refractivity contribution in [2.45, 2.75) is 47.0 Å². The molecule has 2 aromatic heterocycles. The van der Waals surface area contributed by atoms with Crippen LogP contribution in [0.25, 0.3) is 0 Å². The largest absolute Gasteiger partial charge is 0.359 e. The van der Waals surface area contributed by atoms with Crippen LogP contribution in [0.4, 0.5) is 0 Å². The molecule has 0 amide bonds. The Morgan fingerprint density at radius 2 is 2.00 bits per heavy atom. The maximum Gasteiger partial charge on any atom is 0.166 e. The first-order chi connectivity index (χ1) is 10.5. The van der Waals surface area contributed by atoms with Gasteiger partial charge in [-0.2, -0.15) is 10.2 Å². The minimum Gasteiger partial charge on any atom is -0.359 e. The summed E-state index contributed by atoms with van der Waals surface area (Å²) < 4.78 is 3.77. The molecule has 0 radical (unpaired) electrons. The molecule has 0 aliphatic carbocycles. The third kappa shape index (κ3) is 3.98. The molecule has 0 saturated heterocycles. The second-order valence-electron chi connectivity index (χ2n) is 4.89. The van der Waals surface area contributed by atoms with Crippen molar-refractivity contribution >= 4 is 28.9 Å². The lowest BCUT2D eigenvalue weighted by atomic mass is 10.3. The first-order valence-corrected chi connectivity index (χ1v) is 8.08. The molecule has 2 rings (SSSR count). The summed E-state index contributed by atoms with van der Waals surface area (Å²) >= 11 is 11.4. The molecule has 0 aromatic carbocycles. The Kier molecular flexibility index (Phi) is 5.79. The summed E-state index contributed by atoms with van der Waals surface area (Å²) in [7, 11) is 0. The van der Waals surface area contributed by atoms with Gasteiger partial charge in [-0.1, -0.05) is 11.6 Å². The molecule has 0 aliphatic rings. The fourth-order valence-electron chi connectivity index (χ4n) is 2.13. The molecule has 120 valence electrons. The summed E-state index contributed by atoms with van der Waals surface area (Å²) in [5.74, 6) is 0. The van der Waals surface area contributed by atoms with E-state index in [1.54, 1.807) is 6.20 Å². The van der Waals surface area contributed by atoms with Crippen LogP contribution in [0.3, 0.4) is 0 Å². The van der Waals surface area contributed by atoms with Gasteiger partial charge in [0.15, 0.2) is 5.11 Å². The quantitative estimate of drug-likeness (QED) is 0.790. The van der Waals surface area contributed by atoms with E-state index in [0.29, 0.717) is 23.2 Å². The fourth-order valence-corrected chi connectivity index (χ4v) is 2.49. The van der Waals surface area contributed by atoms with Crippen molar-refractivity contribution in [2.24, 2.45) is 0 Å². The molecule has 0 aliphatic heterocycles. The lowest BCUT2D eigenvalue weighted by Gasteiger charge is -2.11. The highest BCUT2D eigenvalue weighted by molar-refractivity contribution is 7.80. The first-order valence-electron chi connectivity index (χ1n) is 7.29. The third-order valence-corrected chi connectivity index (χ3v) is 4.03. The number of hydrogen-bond acceptors (Lipinski definition) is 3. The third-order valence-electron chi connectivity index (χ3n) is 3.43. The number of aryl methyl sites for hydroxylation is 3. The molecule has 0 bridgehead atoms. The van der Waals surface area contributed by atoms with Crippen molar-refractivity contribution < 1.29 is 0 Å². The Labute approximate surface area is 140 Å². The molecule has 8 heteroatoms. The van der Waals surface area contributed by atoms with Crippen molar-refractivity contribution in [1.29, 1.82) is 0 Å². The summed E-state index contributed by atoms with van der Waals surface area (Å²) in [6.07, 6.45) is 3.69. The van der Waals surface area contributed by atoms with E-state index in [1.165, 1.54) is 0 Å². The van der Waals surface area contributed by atoms with Crippen LogP contribution >= 0.6 is 23.8 Å². The van der Waals surface area contributed by atoms with Gasteiger partial charge in [-0.25, -0.2) is 0 Å². The zero-order valence-corrected chi connectivity index (χ0v) is 14.6. The summed E-state index contributed by atoms with van der Waals surface area (Å²) in [5, 5.41) is 16.2. The van der Waals surface area contributed by atoms with Gasteiger partial charge in [0.05, 0.1) is 29.2 Å². The number of hydrogen-bond donors (Lipinski definition) is 2. The van der Waals surface area contributed by atoms with Gasteiger partial charge >= 0.3 is 0 Å². The van der Waals surface area contributed by atoms with Crippen molar-refractivity contribution in [2.75, 3.05) is 0 Å². The number of nitrogens with zero attached hydrogens (tertiary/aromatic N) is 4. The monoisotopic (exact) mass is 340 g/mol. The van der Waals surface area contributed by atoms with Gasteiger partial charge in [-0.05, 0) is 33.0 Å². The highest BCUT2D eigenvalue weighted by Crippen LogP contribution is 2.14. The van der Waals surface area contributed by atoms with Crippen LogP contribution in [0, 0.1) is 6.92 Å². The predicted molar refractivity (Wildman–Crippen MR) is 91.8 cm³/mol. The number of halogens is 1. The van der Waals surface area contributed by atoms with Crippen LogP contribution in [-0.4, -0.2) is 24.7 Å². The molecule has 0 fully saturated rings. The van der Waals surface area contributed by atoms with Crippen molar-refractivity contribution in [3.8, 4) is 0 Å². The molecule has 2 N–H and O–H groups in total. The number of thiocarbonyl (C=S) groups is 1. The average molecular weight is 341 g/mol. The second kappa shape index (κ2) is 7.60. The smallest absolute Gasteiger partial charge is 0.166 e. The maximum atomic E-state index is 6.12.